The van der Waals surface area contributed by atoms with E-state index in [4.69, 9.17) is 0 Å². The minimum Gasteiger partial charge on any atom is -0.317 e. The molecule has 0 amide bonds. The number of nitrogens with zero attached hydrogens (tertiary/aromatic N) is 1. The third kappa shape index (κ3) is 1.80. The number of hydrogen-bond donors (Lipinski definition) is 1. The lowest BCUT2D eigenvalue weighted by Crippen LogP contribution is -2.54. The standard InChI is InChI=1S/C14H26N2/c1-2-15-8-5-12-3-4-13-11-6-9-16(10-7-11)14(12)13/h11-15H,2-10H2,1H3. The third-order valence-corrected chi connectivity index (χ3v) is 5.34. The average Bonchev–Trinajstić information content (AvgIpc) is 2.77. The molecule has 3 unspecified atom stereocenters. The zero-order chi connectivity index (χ0) is 11.0. The highest BCUT2D eigenvalue weighted by Gasteiger charge is 2.48. The molecular weight excluding hydrogens is 196 g/mol. The van der Waals surface area contributed by atoms with Gasteiger partial charge in [-0.15, -0.1) is 0 Å². The first-order valence-corrected chi connectivity index (χ1v) is 7.35. The summed E-state index contributed by atoms with van der Waals surface area (Å²) in [5, 5.41) is 3.50. The van der Waals surface area contributed by atoms with E-state index in [1.165, 1.54) is 51.7 Å². The van der Waals surface area contributed by atoms with Gasteiger partial charge in [-0.05, 0) is 76.0 Å². The Labute approximate surface area is 99.8 Å². The molecule has 0 aromatic heterocycles. The van der Waals surface area contributed by atoms with Crippen molar-refractivity contribution in [2.24, 2.45) is 17.8 Å². The lowest BCUT2D eigenvalue weighted by atomic mass is 9.73. The Morgan fingerprint density at radius 3 is 2.69 bits per heavy atom. The molecule has 3 heterocycles. The molecule has 16 heavy (non-hydrogen) atoms. The van der Waals surface area contributed by atoms with Crippen molar-refractivity contribution in [3.05, 3.63) is 0 Å². The summed E-state index contributed by atoms with van der Waals surface area (Å²) in [5.41, 5.74) is 0. The first-order chi connectivity index (χ1) is 7.90. The summed E-state index contributed by atoms with van der Waals surface area (Å²) in [4.78, 5) is 2.83. The van der Waals surface area contributed by atoms with Crippen LogP contribution in [-0.2, 0) is 0 Å². The first-order valence-electron chi connectivity index (χ1n) is 7.35. The van der Waals surface area contributed by atoms with Gasteiger partial charge in [0.25, 0.3) is 0 Å². The summed E-state index contributed by atoms with van der Waals surface area (Å²) in [5.74, 6) is 3.18. The molecule has 3 aliphatic heterocycles. The van der Waals surface area contributed by atoms with Crippen molar-refractivity contribution >= 4 is 0 Å². The second-order valence-electron chi connectivity index (χ2n) is 6.01. The normalized spacial score (nSPS) is 45.9. The SMILES string of the molecule is CCNCCC1CCC2C3CCN(CC3)C12. The predicted octanol–water partition coefficient (Wildman–Crippen LogP) is 2.11. The molecule has 4 rings (SSSR count). The fourth-order valence-corrected chi connectivity index (χ4v) is 4.61. The van der Waals surface area contributed by atoms with Crippen molar-refractivity contribution in [1.82, 2.24) is 10.2 Å². The van der Waals surface area contributed by atoms with E-state index in [1.54, 1.807) is 0 Å². The molecule has 4 fully saturated rings. The summed E-state index contributed by atoms with van der Waals surface area (Å²) in [6, 6.07) is 0.978. The highest BCUT2D eigenvalue weighted by atomic mass is 15.2. The number of fused-ring (bicyclic) bond motifs is 2. The van der Waals surface area contributed by atoms with E-state index in [0.717, 1.165) is 30.3 Å². The molecule has 1 aliphatic carbocycles. The van der Waals surface area contributed by atoms with E-state index < -0.39 is 0 Å². The Morgan fingerprint density at radius 1 is 1.12 bits per heavy atom. The van der Waals surface area contributed by atoms with Gasteiger partial charge < -0.3 is 5.32 Å². The highest BCUT2D eigenvalue weighted by molar-refractivity contribution is 5.01. The molecule has 1 N–H and O–H groups in total. The molecule has 2 heteroatoms. The maximum absolute atomic E-state index is 3.50. The molecule has 0 aromatic carbocycles. The van der Waals surface area contributed by atoms with Crippen LogP contribution >= 0.6 is 0 Å². The van der Waals surface area contributed by atoms with Gasteiger partial charge in [0.2, 0.25) is 0 Å². The molecule has 2 bridgehead atoms. The molecule has 92 valence electrons. The van der Waals surface area contributed by atoms with Crippen LogP contribution in [0, 0.1) is 17.8 Å². The average molecular weight is 222 g/mol. The Bertz CT molecular complexity index is 233. The summed E-state index contributed by atoms with van der Waals surface area (Å²) in [7, 11) is 0. The summed E-state index contributed by atoms with van der Waals surface area (Å²) >= 11 is 0. The summed E-state index contributed by atoms with van der Waals surface area (Å²) < 4.78 is 0. The van der Waals surface area contributed by atoms with Gasteiger partial charge in [0.15, 0.2) is 0 Å². The molecular formula is C14H26N2. The fourth-order valence-electron chi connectivity index (χ4n) is 4.61. The highest BCUT2D eigenvalue weighted by Crippen LogP contribution is 2.48. The van der Waals surface area contributed by atoms with Gasteiger partial charge in [0.1, 0.15) is 0 Å². The molecule has 0 aromatic rings. The second kappa shape index (κ2) is 4.66. The van der Waals surface area contributed by atoms with Gasteiger partial charge in [0.05, 0.1) is 0 Å². The lowest BCUT2D eigenvalue weighted by Gasteiger charge is -2.50. The van der Waals surface area contributed by atoms with Gasteiger partial charge in [-0.25, -0.2) is 0 Å². The van der Waals surface area contributed by atoms with Crippen molar-refractivity contribution in [2.75, 3.05) is 26.2 Å². The molecule has 1 saturated carbocycles. The number of rotatable bonds is 4. The Balaban J connectivity index is 1.61. The summed E-state index contributed by atoms with van der Waals surface area (Å²) in [6.07, 6.45) is 7.46. The largest absolute Gasteiger partial charge is 0.317 e. The van der Waals surface area contributed by atoms with Crippen molar-refractivity contribution in [2.45, 2.75) is 45.1 Å². The first kappa shape index (κ1) is 11.0. The van der Waals surface area contributed by atoms with Gasteiger partial charge in [-0.2, -0.15) is 0 Å². The van der Waals surface area contributed by atoms with Gasteiger partial charge in [-0.1, -0.05) is 6.92 Å². The minimum atomic E-state index is 0.978. The molecule has 0 radical (unpaired) electrons. The Hall–Kier alpha value is -0.0800. The fraction of sp³-hybridized carbons (Fsp3) is 1.00. The molecule has 2 nitrogen and oxygen atoms in total. The van der Waals surface area contributed by atoms with E-state index >= 15 is 0 Å². The monoisotopic (exact) mass is 222 g/mol. The molecule has 3 atom stereocenters. The summed E-state index contributed by atoms with van der Waals surface area (Å²) in [6.45, 7) is 7.40. The zero-order valence-electron chi connectivity index (χ0n) is 10.6. The lowest BCUT2D eigenvalue weighted by molar-refractivity contribution is -0.0108. The van der Waals surface area contributed by atoms with Crippen LogP contribution in [0.25, 0.3) is 0 Å². The molecule has 0 spiro atoms. The Kier molecular flexibility index (Phi) is 3.21. The van der Waals surface area contributed by atoms with Crippen molar-refractivity contribution in [3.8, 4) is 0 Å². The van der Waals surface area contributed by atoms with Crippen LogP contribution in [0.2, 0.25) is 0 Å². The quantitative estimate of drug-likeness (QED) is 0.733. The minimum absolute atomic E-state index is 0.978. The van der Waals surface area contributed by atoms with Crippen LogP contribution in [0.3, 0.4) is 0 Å². The maximum Gasteiger partial charge on any atom is 0.0155 e. The van der Waals surface area contributed by atoms with Crippen LogP contribution in [-0.4, -0.2) is 37.1 Å². The van der Waals surface area contributed by atoms with Crippen LogP contribution < -0.4 is 5.32 Å². The van der Waals surface area contributed by atoms with E-state index in [9.17, 15) is 0 Å². The van der Waals surface area contributed by atoms with Crippen LogP contribution in [0.15, 0.2) is 0 Å². The van der Waals surface area contributed by atoms with Gasteiger partial charge in [-0.3, -0.25) is 4.90 Å². The van der Waals surface area contributed by atoms with E-state index in [1.807, 2.05) is 0 Å². The van der Waals surface area contributed by atoms with Crippen molar-refractivity contribution in [3.63, 3.8) is 0 Å². The van der Waals surface area contributed by atoms with Crippen LogP contribution in [0.4, 0.5) is 0 Å². The maximum atomic E-state index is 3.50. The topological polar surface area (TPSA) is 15.3 Å². The second-order valence-corrected chi connectivity index (χ2v) is 6.01. The van der Waals surface area contributed by atoms with Gasteiger partial charge in [0, 0.05) is 6.04 Å². The number of hydrogen-bond acceptors (Lipinski definition) is 2. The van der Waals surface area contributed by atoms with E-state index in [0.29, 0.717) is 0 Å². The van der Waals surface area contributed by atoms with Crippen molar-refractivity contribution < 1.29 is 0 Å². The van der Waals surface area contributed by atoms with E-state index in [-0.39, 0.29) is 0 Å². The van der Waals surface area contributed by atoms with Crippen LogP contribution in [0.5, 0.6) is 0 Å². The van der Waals surface area contributed by atoms with Gasteiger partial charge >= 0.3 is 0 Å². The van der Waals surface area contributed by atoms with Crippen molar-refractivity contribution in [1.29, 1.82) is 0 Å². The third-order valence-electron chi connectivity index (χ3n) is 5.34. The predicted molar refractivity (Wildman–Crippen MR) is 67.5 cm³/mol. The molecule has 3 saturated heterocycles. The molecule has 4 aliphatic rings. The van der Waals surface area contributed by atoms with E-state index in [2.05, 4.69) is 17.1 Å². The Morgan fingerprint density at radius 2 is 1.94 bits per heavy atom. The smallest absolute Gasteiger partial charge is 0.0155 e. The number of nitrogens with one attached hydrogen (secondary N) is 1. The van der Waals surface area contributed by atoms with Crippen LogP contribution in [0.1, 0.15) is 39.0 Å². The zero-order valence-corrected chi connectivity index (χ0v) is 10.6. The number of piperidine rings is 3.